The highest BCUT2D eigenvalue weighted by Crippen LogP contribution is 2.48. The molecule has 0 radical (unpaired) electrons. The Bertz CT molecular complexity index is 403. The zero-order valence-corrected chi connectivity index (χ0v) is 14.5. The van der Waals surface area contributed by atoms with Crippen LogP contribution < -0.4 is 5.73 Å². The van der Waals surface area contributed by atoms with Gasteiger partial charge in [0.1, 0.15) is 0 Å². The van der Waals surface area contributed by atoms with Crippen molar-refractivity contribution < 1.29 is 14.3 Å². The summed E-state index contributed by atoms with van der Waals surface area (Å²) in [5, 5.41) is 0. The van der Waals surface area contributed by atoms with Crippen LogP contribution in [0.15, 0.2) is 0 Å². The van der Waals surface area contributed by atoms with E-state index in [1.54, 1.807) is 26.1 Å². The number of hydrogen-bond acceptors (Lipinski definition) is 4. The number of likely N-dealkylation sites (N-methyl/N-ethyl adjacent to an activating group) is 1. The molecule has 7 heteroatoms. The lowest BCUT2D eigenvalue weighted by Gasteiger charge is -2.32. The second kappa shape index (κ2) is 8.13. The summed E-state index contributed by atoms with van der Waals surface area (Å²) in [7, 11) is 4.99. The zero-order valence-electron chi connectivity index (χ0n) is 13.7. The number of rotatable bonds is 6. The summed E-state index contributed by atoms with van der Waals surface area (Å²) in [6.45, 7) is 0.980. The molecule has 0 spiro atoms. The molecular weight excluding hydrogens is 306 g/mol. The van der Waals surface area contributed by atoms with Crippen molar-refractivity contribution in [2.24, 2.45) is 23.5 Å². The summed E-state index contributed by atoms with van der Waals surface area (Å²) < 4.78 is 5.07. The Morgan fingerprint density at radius 3 is 2.36 bits per heavy atom. The third-order valence-electron chi connectivity index (χ3n) is 4.97. The zero-order chi connectivity index (χ0) is 15.6. The molecule has 0 aromatic carbocycles. The van der Waals surface area contributed by atoms with Crippen LogP contribution in [-0.4, -0.2) is 68.6 Å². The normalized spacial score (nSPS) is 29.1. The smallest absolute Gasteiger partial charge is 0.241 e. The number of ether oxygens (including phenoxy) is 1. The summed E-state index contributed by atoms with van der Waals surface area (Å²) in [6, 6.07) is -0.0456. The van der Waals surface area contributed by atoms with Gasteiger partial charge in [-0.15, -0.1) is 12.4 Å². The van der Waals surface area contributed by atoms with Gasteiger partial charge in [0.05, 0.1) is 19.1 Å². The van der Waals surface area contributed by atoms with Crippen molar-refractivity contribution in [1.29, 1.82) is 0 Å². The Balaban J connectivity index is 0.00000242. The highest BCUT2D eigenvalue weighted by molar-refractivity contribution is 5.86. The number of fused-ring (bicyclic) bond motifs is 2. The van der Waals surface area contributed by atoms with E-state index in [1.165, 1.54) is 4.90 Å². The monoisotopic (exact) mass is 333 g/mol. The molecule has 4 unspecified atom stereocenters. The van der Waals surface area contributed by atoms with E-state index in [2.05, 4.69) is 0 Å². The fraction of sp³-hybridized carbons (Fsp3) is 0.867. The maximum Gasteiger partial charge on any atom is 0.241 e. The van der Waals surface area contributed by atoms with E-state index in [0.29, 0.717) is 25.0 Å². The minimum Gasteiger partial charge on any atom is -0.383 e. The van der Waals surface area contributed by atoms with Crippen molar-refractivity contribution in [2.75, 3.05) is 40.9 Å². The maximum absolute atomic E-state index is 12.8. The van der Waals surface area contributed by atoms with E-state index in [0.717, 1.165) is 19.3 Å². The topological polar surface area (TPSA) is 75.9 Å². The Hall–Kier alpha value is -0.850. The van der Waals surface area contributed by atoms with Gasteiger partial charge in [0.2, 0.25) is 11.8 Å². The summed E-state index contributed by atoms with van der Waals surface area (Å²) in [4.78, 5) is 27.9. The van der Waals surface area contributed by atoms with Crippen molar-refractivity contribution in [3.63, 3.8) is 0 Å². The number of carbonyl (C=O) groups is 2. The molecule has 128 valence electrons. The summed E-state index contributed by atoms with van der Waals surface area (Å²) in [5.41, 5.74) is 6.25. The Labute approximate surface area is 138 Å². The van der Waals surface area contributed by atoms with Gasteiger partial charge < -0.3 is 20.3 Å². The molecule has 2 aliphatic carbocycles. The fourth-order valence-corrected chi connectivity index (χ4v) is 3.69. The van der Waals surface area contributed by atoms with Crippen LogP contribution in [-0.2, 0) is 14.3 Å². The molecule has 2 N–H and O–H groups in total. The van der Waals surface area contributed by atoms with E-state index in [-0.39, 0.29) is 42.7 Å². The third-order valence-corrected chi connectivity index (χ3v) is 4.97. The molecule has 4 atom stereocenters. The van der Waals surface area contributed by atoms with E-state index < -0.39 is 0 Å². The predicted octanol–water partition coefficient (Wildman–Crippen LogP) is 0.345. The first-order valence-electron chi connectivity index (χ1n) is 7.69. The largest absolute Gasteiger partial charge is 0.383 e. The van der Waals surface area contributed by atoms with Gasteiger partial charge in [0.25, 0.3) is 0 Å². The van der Waals surface area contributed by atoms with Gasteiger partial charge in [-0.2, -0.15) is 0 Å². The second-order valence-corrected chi connectivity index (χ2v) is 6.48. The molecule has 2 aliphatic rings. The molecule has 2 amide bonds. The van der Waals surface area contributed by atoms with E-state index in [4.69, 9.17) is 10.5 Å². The first-order valence-corrected chi connectivity index (χ1v) is 7.69. The van der Waals surface area contributed by atoms with Crippen LogP contribution >= 0.6 is 12.4 Å². The van der Waals surface area contributed by atoms with Crippen molar-refractivity contribution in [3.8, 4) is 0 Å². The first kappa shape index (κ1) is 19.2. The maximum atomic E-state index is 12.8. The molecule has 2 bridgehead atoms. The minimum absolute atomic E-state index is 0. The average Bonchev–Trinajstić information content (AvgIpc) is 3.03. The van der Waals surface area contributed by atoms with Gasteiger partial charge in [0, 0.05) is 33.8 Å². The van der Waals surface area contributed by atoms with Crippen LogP contribution in [0.3, 0.4) is 0 Å². The van der Waals surface area contributed by atoms with Gasteiger partial charge in [-0.25, -0.2) is 0 Å². The standard InChI is InChI=1S/C15H27N3O3.ClH/c1-17(2)12(19)9-18(6-7-21-3)15(20)13-10-4-5-11(8-10)14(13)16;/h10-11,13-14H,4-9,16H2,1-3H3;1H. The SMILES string of the molecule is COCCN(CC(=O)N(C)C)C(=O)C1C2CCC(C2)C1N.Cl. The Morgan fingerprint density at radius 1 is 1.23 bits per heavy atom. The number of nitrogens with two attached hydrogens (primary N) is 1. The number of hydrogen-bond donors (Lipinski definition) is 1. The molecule has 22 heavy (non-hydrogen) atoms. The van der Waals surface area contributed by atoms with Gasteiger partial charge in [-0.05, 0) is 31.1 Å². The molecule has 0 heterocycles. The van der Waals surface area contributed by atoms with Crippen LogP contribution in [0.25, 0.3) is 0 Å². The molecule has 2 rings (SSSR count). The molecule has 6 nitrogen and oxygen atoms in total. The minimum atomic E-state index is -0.115. The highest BCUT2D eigenvalue weighted by atomic mass is 35.5. The van der Waals surface area contributed by atoms with Crippen molar-refractivity contribution in [3.05, 3.63) is 0 Å². The lowest BCUT2D eigenvalue weighted by Crippen LogP contribution is -2.50. The lowest BCUT2D eigenvalue weighted by molar-refractivity contribution is -0.144. The summed E-state index contributed by atoms with van der Waals surface area (Å²) in [5.74, 6) is 0.725. The van der Waals surface area contributed by atoms with Gasteiger partial charge in [0.15, 0.2) is 0 Å². The fourth-order valence-electron chi connectivity index (χ4n) is 3.69. The molecular formula is C15H28ClN3O3. The van der Waals surface area contributed by atoms with Crippen molar-refractivity contribution in [2.45, 2.75) is 25.3 Å². The number of halogens is 1. The quantitative estimate of drug-likeness (QED) is 0.760. The van der Waals surface area contributed by atoms with Gasteiger partial charge >= 0.3 is 0 Å². The molecule has 2 saturated carbocycles. The number of nitrogens with zero attached hydrogens (tertiary/aromatic N) is 2. The molecule has 0 aromatic rings. The second-order valence-electron chi connectivity index (χ2n) is 6.48. The van der Waals surface area contributed by atoms with Crippen LogP contribution in [0, 0.1) is 17.8 Å². The van der Waals surface area contributed by atoms with E-state index in [1.807, 2.05) is 0 Å². The van der Waals surface area contributed by atoms with Crippen LogP contribution in [0.5, 0.6) is 0 Å². The highest BCUT2D eigenvalue weighted by Gasteiger charge is 2.50. The van der Waals surface area contributed by atoms with Crippen LogP contribution in [0.1, 0.15) is 19.3 Å². The molecule has 0 aromatic heterocycles. The van der Waals surface area contributed by atoms with Crippen molar-refractivity contribution >= 4 is 24.2 Å². The number of methoxy groups -OCH3 is 1. The van der Waals surface area contributed by atoms with E-state index in [9.17, 15) is 9.59 Å². The molecule has 2 fully saturated rings. The van der Waals surface area contributed by atoms with Crippen LogP contribution in [0.4, 0.5) is 0 Å². The van der Waals surface area contributed by atoms with Gasteiger partial charge in [-0.1, -0.05) is 0 Å². The van der Waals surface area contributed by atoms with Crippen LogP contribution in [0.2, 0.25) is 0 Å². The number of amides is 2. The molecule has 0 aliphatic heterocycles. The van der Waals surface area contributed by atoms with Gasteiger partial charge in [-0.3, -0.25) is 9.59 Å². The predicted molar refractivity (Wildman–Crippen MR) is 86.7 cm³/mol. The number of carbonyl (C=O) groups excluding carboxylic acids is 2. The average molecular weight is 334 g/mol. The summed E-state index contributed by atoms with van der Waals surface area (Å²) in [6.07, 6.45) is 3.30. The lowest BCUT2D eigenvalue weighted by atomic mass is 9.84. The third kappa shape index (κ3) is 3.91. The Morgan fingerprint density at radius 2 is 1.86 bits per heavy atom. The van der Waals surface area contributed by atoms with E-state index >= 15 is 0 Å². The first-order chi connectivity index (χ1) is 9.95. The summed E-state index contributed by atoms with van der Waals surface area (Å²) >= 11 is 0. The molecule has 0 saturated heterocycles. The Kier molecular flexibility index (Phi) is 7.09. The van der Waals surface area contributed by atoms with Crippen molar-refractivity contribution in [1.82, 2.24) is 9.80 Å².